The fraction of sp³-hybridized carbons (Fsp3) is 0.737. The van der Waals surface area contributed by atoms with Crippen LogP contribution in [0.4, 0.5) is 0 Å². The van der Waals surface area contributed by atoms with Crippen LogP contribution in [0, 0.1) is 5.92 Å². The van der Waals surface area contributed by atoms with E-state index in [0.717, 1.165) is 57.4 Å². The molecule has 1 amide bonds. The van der Waals surface area contributed by atoms with Crippen LogP contribution < -0.4 is 5.56 Å². The SMILES string of the molecule is O=C(C1CCCCC1)N1CCC(n2nnc3c(=O)[nH]c(C4CC4)nc32)CC1. The Morgan fingerprint density at radius 3 is 2.44 bits per heavy atom. The smallest absolute Gasteiger partial charge is 0.281 e. The number of fused-ring (bicyclic) bond motifs is 1. The third kappa shape index (κ3) is 3.15. The third-order valence-corrected chi connectivity index (χ3v) is 6.39. The zero-order valence-electron chi connectivity index (χ0n) is 15.6. The first-order chi connectivity index (χ1) is 13.2. The predicted molar refractivity (Wildman–Crippen MR) is 99.3 cm³/mol. The Hall–Kier alpha value is -2.25. The Bertz CT molecular complexity index is 901. The van der Waals surface area contributed by atoms with E-state index in [2.05, 4.69) is 20.3 Å². The van der Waals surface area contributed by atoms with Crippen LogP contribution in [0.5, 0.6) is 0 Å². The Kier molecular flexibility index (Phi) is 4.21. The molecule has 0 unspecified atom stereocenters. The molecule has 2 aromatic rings. The van der Waals surface area contributed by atoms with Crippen molar-refractivity contribution in [1.82, 2.24) is 29.9 Å². The number of carbonyl (C=O) groups excluding carboxylic acids is 1. The lowest BCUT2D eigenvalue weighted by atomic mass is 9.87. The minimum absolute atomic E-state index is 0.145. The van der Waals surface area contributed by atoms with Gasteiger partial charge in [0.05, 0.1) is 6.04 Å². The second kappa shape index (κ2) is 6.73. The summed E-state index contributed by atoms with van der Waals surface area (Å²) in [4.78, 5) is 34.6. The number of amides is 1. The second-order valence-electron chi connectivity index (χ2n) is 8.32. The van der Waals surface area contributed by atoms with Crippen molar-refractivity contribution in [3.63, 3.8) is 0 Å². The largest absolute Gasteiger partial charge is 0.342 e. The van der Waals surface area contributed by atoms with Crippen molar-refractivity contribution in [3.05, 3.63) is 16.2 Å². The lowest BCUT2D eigenvalue weighted by molar-refractivity contribution is -0.137. The van der Waals surface area contributed by atoms with E-state index in [-0.39, 0.29) is 17.5 Å². The summed E-state index contributed by atoms with van der Waals surface area (Å²) in [6.45, 7) is 1.50. The number of hydrogen-bond acceptors (Lipinski definition) is 5. The number of nitrogens with one attached hydrogen (secondary N) is 1. The van der Waals surface area contributed by atoms with Gasteiger partial charge in [0.2, 0.25) is 5.91 Å². The zero-order chi connectivity index (χ0) is 18.4. The van der Waals surface area contributed by atoms with Gasteiger partial charge in [0, 0.05) is 24.9 Å². The van der Waals surface area contributed by atoms with Crippen molar-refractivity contribution in [2.45, 2.75) is 69.7 Å². The maximum atomic E-state index is 12.8. The van der Waals surface area contributed by atoms with Crippen LogP contribution in [-0.4, -0.2) is 48.9 Å². The van der Waals surface area contributed by atoms with E-state index in [1.165, 1.54) is 19.3 Å². The number of carbonyl (C=O) groups is 1. The standard InChI is InChI=1S/C19H26N6O2/c26-18-15-17(20-16(21-18)12-6-7-12)25(23-22-15)14-8-10-24(11-9-14)19(27)13-4-2-1-3-5-13/h12-14H,1-11H2,(H,20,21,26). The van der Waals surface area contributed by atoms with Gasteiger partial charge in [0.15, 0.2) is 11.2 Å². The van der Waals surface area contributed by atoms with Crippen molar-refractivity contribution in [3.8, 4) is 0 Å². The summed E-state index contributed by atoms with van der Waals surface area (Å²) in [7, 11) is 0. The molecule has 3 heterocycles. The average Bonchev–Trinajstić information content (AvgIpc) is 3.48. The van der Waals surface area contributed by atoms with Gasteiger partial charge in [-0.1, -0.05) is 24.5 Å². The monoisotopic (exact) mass is 370 g/mol. The average molecular weight is 370 g/mol. The molecule has 2 aliphatic carbocycles. The number of nitrogens with zero attached hydrogens (tertiary/aromatic N) is 5. The highest BCUT2D eigenvalue weighted by Crippen LogP contribution is 2.38. The molecule has 2 aromatic heterocycles. The molecule has 144 valence electrons. The lowest BCUT2D eigenvalue weighted by Gasteiger charge is -2.35. The van der Waals surface area contributed by atoms with Crippen molar-refractivity contribution in [1.29, 1.82) is 0 Å². The van der Waals surface area contributed by atoms with Crippen molar-refractivity contribution < 1.29 is 4.79 Å². The molecule has 3 fully saturated rings. The molecule has 8 heteroatoms. The van der Waals surface area contributed by atoms with Crippen LogP contribution in [-0.2, 0) is 4.79 Å². The van der Waals surface area contributed by atoms with Gasteiger partial charge in [-0.25, -0.2) is 9.67 Å². The van der Waals surface area contributed by atoms with E-state index in [1.807, 2.05) is 9.58 Å². The molecule has 3 aliphatic rings. The van der Waals surface area contributed by atoms with Crippen molar-refractivity contribution in [2.24, 2.45) is 5.92 Å². The fourth-order valence-corrected chi connectivity index (χ4v) is 4.59. The zero-order valence-corrected chi connectivity index (χ0v) is 15.6. The van der Waals surface area contributed by atoms with Crippen LogP contribution >= 0.6 is 0 Å². The Morgan fingerprint density at radius 1 is 1.00 bits per heavy atom. The Balaban J connectivity index is 1.32. The second-order valence-corrected chi connectivity index (χ2v) is 8.32. The molecule has 8 nitrogen and oxygen atoms in total. The van der Waals surface area contributed by atoms with Crippen LogP contribution in [0.1, 0.15) is 75.6 Å². The Labute approximate surface area is 157 Å². The summed E-state index contributed by atoms with van der Waals surface area (Å²) >= 11 is 0. The van der Waals surface area contributed by atoms with Gasteiger partial charge in [-0.3, -0.25) is 9.59 Å². The van der Waals surface area contributed by atoms with E-state index in [9.17, 15) is 9.59 Å². The van der Waals surface area contributed by atoms with Gasteiger partial charge in [0.1, 0.15) is 5.82 Å². The molecule has 0 spiro atoms. The first-order valence-corrected chi connectivity index (χ1v) is 10.3. The summed E-state index contributed by atoms with van der Waals surface area (Å²) in [5.74, 6) is 1.70. The lowest BCUT2D eigenvalue weighted by Crippen LogP contribution is -2.42. The van der Waals surface area contributed by atoms with Crippen molar-refractivity contribution >= 4 is 17.1 Å². The molecule has 1 N–H and O–H groups in total. The van der Waals surface area contributed by atoms with Crippen LogP contribution in [0.3, 0.4) is 0 Å². The van der Waals surface area contributed by atoms with E-state index in [1.54, 1.807) is 0 Å². The molecule has 1 saturated heterocycles. The van der Waals surface area contributed by atoms with Gasteiger partial charge < -0.3 is 9.88 Å². The molecular formula is C19H26N6O2. The number of hydrogen-bond donors (Lipinski definition) is 1. The van der Waals surface area contributed by atoms with Gasteiger partial charge in [-0.15, -0.1) is 5.10 Å². The molecule has 5 rings (SSSR count). The van der Waals surface area contributed by atoms with Gasteiger partial charge >= 0.3 is 0 Å². The van der Waals surface area contributed by atoms with Crippen molar-refractivity contribution in [2.75, 3.05) is 13.1 Å². The quantitative estimate of drug-likeness (QED) is 0.893. The summed E-state index contributed by atoms with van der Waals surface area (Å²) in [6.07, 6.45) is 9.55. The minimum Gasteiger partial charge on any atom is -0.342 e. The number of aromatic amines is 1. The normalized spacial score (nSPS) is 22.4. The molecule has 1 aliphatic heterocycles. The summed E-state index contributed by atoms with van der Waals surface area (Å²) < 4.78 is 1.82. The molecule has 2 saturated carbocycles. The maximum absolute atomic E-state index is 12.8. The van der Waals surface area contributed by atoms with E-state index >= 15 is 0 Å². The molecule has 27 heavy (non-hydrogen) atoms. The number of rotatable bonds is 3. The highest BCUT2D eigenvalue weighted by atomic mass is 16.2. The van der Waals surface area contributed by atoms with Crippen LogP contribution in [0.15, 0.2) is 4.79 Å². The molecule has 0 radical (unpaired) electrons. The maximum Gasteiger partial charge on any atom is 0.281 e. The van der Waals surface area contributed by atoms with Crippen LogP contribution in [0.25, 0.3) is 11.2 Å². The molecule has 0 atom stereocenters. The topological polar surface area (TPSA) is 96.8 Å². The number of piperidine rings is 1. The summed E-state index contributed by atoms with van der Waals surface area (Å²) in [5.41, 5.74) is 0.718. The summed E-state index contributed by atoms with van der Waals surface area (Å²) in [5, 5.41) is 8.31. The van der Waals surface area contributed by atoms with E-state index < -0.39 is 0 Å². The first-order valence-electron chi connectivity index (χ1n) is 10.3. The van der Waals surface area contributed by atoms with Gasteiger partial charge in [-0.2, -0.15) is 0 Å². The third-order valence-electron chi connectivity index (χ3n) is 6.39. The first kappa shape index (κ1) is 16.9. The number of aromatic nitrogens is 5. The highest BCUT2D eigenvalue weighted by Gasteiger charge is 2.32. The van der Waals surface area contributed by atoms with E-state index in [4.69, 9.17) is 0 Å². The predicted octanol–water partition coefficient (Wildman–Crippen LogP) is 2.14. The fourth-order valence-electron chi connectivity index (χ4n) is 4.59. The van der Waals surface area contributed by atoms with Gasteiger partial charge in [-0.05, 0) is 38.5 Å². The number of H-pyrrole nitrogens is 1. The van der Waals surface area contributed by atoms with Gasteiger partial charge in [0.25, 0.3) is 5.56 Å². The summed E-state index contributed by atoms with van der Waals surface area (Å²) in [6, 6.07) is 0.145. The molecule has 0 bridgehead atoms. The Morgan fingerprint density at radius 2 is 1.74 bits per heavy atom. The van der Waals surface area contributed by atoms with Crippen LogP contribution in [0.2, 0.25) is 0 Å². The molecular weight excluding hydrogens is 344 g/mol. The minimum atomic E-state index is -0.196. The highest BCUT2D eigenvalue weighted by molar-refractivity contribution is 5.79. The molecule has 0 aromatic carbocycles. The number of likely N-dealkylation sites (tertiary alicyclic amines) is 1. The van der Waals surface area contributed by atoms with E-state index in [0.29, 0.717) is 23.0 Å².